The van der Waals surface area contributed by atoms with Crippen LogP contribution in [0.2, 0.25) is 0 Å². The monoisotopic (exact) mass is 333 g/mol. The van der Waals surface area contributed by atoms with E-state index in [-0.39, 0.29) is 5.88 Å². The Morgan fingerprint density at radius 3 is 2.47 bits per heavy atom. The van der Waals surface area contributed by atoms with Crippen LogP contribution >= 0.6 is 22.6 Å². The van der Waals surface area contributed by atoms with E-state index in [0.29, 0.717) is 9.13 Å². The average molecular weight is 333 g/mol. The number of ether oxygens (including phenoxy) is 2. The van der Waals surface area contributed by atoms with Crippen LogP contribution in [0.15, 0.2) is 6.07 Å². The van der Waals surface area contributed by atoms with Gasteiger partial charge in [0.1, 0.15) is 0 Å². The van der Waals surface area contributed by atoms with Gasteiger partial charge >= 0.3 is 6.36 Å². The van der Waals surface area contributed by atoms with Gasteiger partial charge in [-0.05, 0) is 29.5 Å². The van der Waals surface area contributed by atoms with Gasteiger partial charge in [-0.1, -0.05) is 0 Å². The summed E-state index contributed by atoms with van der Waals surface area (Å²) in [5, 5.41) is 0. The Hall–Kier alpha value is -0.730. The third-order valence-corrected chi connectivity index (χ3v) is 2.68. The minimum atomic E-state index is -4.74. The summed E-state index contributed by atoms with van der Waals surface area (Å²) in [4.78, 5) is 3.57. The second kappa shape index (κ2) is 4.42. The van der Waals surface area contributed by atoms with Crippen LogP contribution in [-0.2, 0) is 0 Å². The average Bonchev–Trinajstić information content (AvgIpc) is 2.08. The minimum Gasteiger partial charge on any atom is -0.481 e. The summed E-state index contributed by atoms with van der Waals surface area (Å²) < 4.78 is 44.8. The number of hydrogen-bond donors (Lipinski definition) is 0. The summed E-state index contributed by atoms with van der Waals surface area (Å²) in [5.41, 5.74) is 0.674. The van der Waals surface area contributed by atoms with Crippen LogP contribution in [0.3, 0.4) is 0 Å². The number of methoxy groups -OCH3 is 1. The maximum atomic E-state index is 11.9. The molecule has 0 N–H and O–H groups in total. The zero-order valence-corrected chi connectivity index (χ0v) is 10.0. The fourth-order valence-electron chi connectivity index (χ4n) is 0.905. The fraction of sp³-hybridized carbons (Fsp3) is 0.375. The van der Waals surface area contributed by atoms with Crippen molar-refractivity contribution >= 4 is 22.6 Å². The van der Waals surface area contributed by atoms with Gasteiger partial charge in [-0.2, -0.15) is 4.98 Å². The summed E-state index contributed by atoms with van der Waals surface area (Å²) in [6.45, 7) is 1.70. The van der Waals surface area contributed by atoms with Gasteiger partial charge in [0.05, 0.1) is 7.11 Å². The largest absolute Gasteiger partial charge is 0.574 e. The maximum Gasteiger partial charge on any atom is 0.574 e. The Morgan fingerprint density at radius 1 is 1.40 bits per heavy atom. The normalized spacial score (nSPS) is 11.3. The zero-order valence-electron chi connectivity index (χ0n) is 7.85. The first-order chi connectivity index (χ1) is 6.83. The van der Waals surface area contributed by atoms with Crippen molar-refractivity contribution in [3.63, 3.8) is 0 Å². The molecule has 1 aromatic heterocycles. The molecular weight excluding hydrogens is 326 g/mol. The first-order valence-corrected chi connectivity index (χ1v) is 4.88. The Kier molecular flexibility index (Phi) is 3.63. The predicted molar refractivity (Wildman–Crippen MR) is 54.9 cm³/mol. The van der Waals surface area contributed by atoms with Gasteiger partial charge in [0.2, 0.25) is 11.8 Å². The molecule has 15 heavy (non-hydrogen) atoms. The number of hydrogen-bond acceptors (Lipinski definition) is 3. The minimum absolute atomic E-state index is 0.126. The molecule has 0 amide bonds. The molecule has 3 nitrogen and oxygen atoms in total. The molecular formula is C8H7F3INO2. The Morgan fingerprint density at radius 2 is 2.00 bits per heavy atom. The number of alkyl halides is 3. The number of nitrogens with zero attached hydrogens (tertiary/aromatic N) is 1. The van der Waals surface area contributed by atoms with Gasteiger partial charge in [-0.3, -0.25) is 0 Å². The third kappa shape index (κ3) is 3.40. The van der Waals surface area contributed by atoms with Gasteiger partial charge in [0.15, 0.2) is 0 Å². The molecule has 84 valence electrons. The highest BCUT2D eigenvalue weighted by atomic mass is 127. The van der Waals surface area contributed by atoms with Crippen LogP contribution < -0.4 is 9.47 Å². The SMILES string of the molecule is COc1nc(OC(F)(F)F)cc(I)c1C. The highest BCUT2D eigenvalue weighted by molar-refractivity contribution is 14.1. The number of halogens is 4. The van der Waals surface area contributed by atoms with Crippen molar-refractivity contribution < 1.29 is 22.6 Å². The summed E-state index contributed by atoms with van der Waals surface area (Å²) in [7, 11) is 1.34. The lowest BCUT2D eigenvalue weighted by molar-refractivity contribution is -0.276. The Bertz CT molecular complexity index is 368. The van der Waals surface area contributed by atoms with Crippen molar-refractivity contribution in [2.24, 2.45) is 0 Å². The van der Waals surface area contributed by atoms with Crippen molar-refractivity contribution in [1.82, 2.24) is 4.98 Å². The number of aromatic nitrogens is 1. The molecule has 0 spiro atoms. The van der Waals surface area contributed by atoms with E-state index in [1.165, 1.54) is 13.2 Å². The van der Waals surface area contributed by atoms with Gasteiger partial charge in [-0.15, -0.1) is 13.2 Å². The van der Waals surface area contributed by atoms with E-state index < -0.39 is 12.2 Å². The van der Waals surface area contributed by atoms with E-state index in [0.717, 1.165) is 0 Å². The molecule has 0 atom stereocenters. The van der Waals surface area contributed by atoms with E-state index >= 15 is 0 Å². The first kappa shape index (κ1) is 12.3. The summed E-state index contributed by atoms with van der Waals surface area (Å²) >= 11 is 1.88. The predicted octanol–water partition coefficient (Wildman–Crippen LogP) is 2.90. The summed E-state index contributed by atoms with van der Waals surface area (Å²) in [5.74, 6) is -0.393. The van der Waals surface area contributed by atoms with Gasteiger partial charge in [0.25, 0.3) is 0 Å². The molecule has 1 rings (SSSR count). The quantitative estimate of drug-likeness (QED) is 0.780. The van der Waals surface area contributed by atoms with Crippen LogP contribution in [0.5, 0.6) is 11.8 Å². The van der Waals surface area contributed by atoms with Crippen molar-refractivity contribution in [3.8, 4) is 11.8 Å². The van der Waals surface area contributed by atoms with Crippen molar-refractivity contribution in [1.29, 1.82) is 0 Å². The molecule has 0 aliphatic rings. The topological polar surface area (TPSA) is 31.4 Å². The van der Waals surface area contributed by atoms with E-state index in [1.807, 2.05) is 22.6 Å². The molecule has 1 heterocycles. The van der Waals surface area contributed by atoms with Crippen molar-refractivity contribution in [2.75, 3.05) is 7.11 Å². The van der Waals surface area contributed by atoms with Crippen LogP contribution in [0, 0.1) is 10.5 Å². The Labute approximate surface area is 97.7 Å². The van der Waals surface area contributed by atoms with Crippen LogP contribution in [-0.4, -0.2) is 18.5 Å². The second-order valence-corrected chi connectivity index (χ2v) is 3.79. The van der Waals surface area contributed by atoms with Gasteiger partial charge in [0, 0.05) is 15.2 Å². The molecule has 0 fully saturated rings. The number of rotatable bonds is 2. The second-order valence-electron chi connectivity index (χ2n) is 2.62. The lowest BCUT2D eigenvalue weighted by Gasteiger charge is -2.11. The molecule has 7 heteroatoms. The number of pyridine rings is 1. The van der Waals surface area contributed by atoms with Gasteiger partial charge < -0.3 is 9.47 Å². The lowest BCUT2D eigenvalue weighted by atomic mass is 10.3. The smallest absolute Gasteiger partial charge is 0.481 e. The lowest BCUT2D eigenvalue weighted by Crippen LogP contribution is -2.18. The maximum absolute atomic E-state index is 11.9. The molecule has 0 saturated carbocycles. The fourth-order valence-corrected chi connectivity index (χ4v) is 1.40. The summed E-state index contributed by atoms with van der Waals surface area (Å²) in [6.07, 6.45) is -4.74. The molecule has 0 saturated heterocycles. The molecule has 0 radical (unpaired) electrons. The molecule has 0 unspecified atom stereocenters. The first-order valence-electron chi connectivity index (χ1n) is 3.80. The van der Waals surface area contributed by atoms with Crippen molar-refractivity contribution in [3.05, 3.63) is 15.2 Å². The van der Waals surface area contributed by atoms with Crippen molar-refractivity contribution in [2.45, 2.75) is 13.3 Å². The molecule has 1 aromatic rings. The third-order valence-electron chi connectivity index (χ3n) is 1.55. The van der Waals surface area contributed by atoms with Crippen LogP contribution in [0.1, 0.15) is 5.56 Å². The van der Waals surface area contributed by atoms with E-state index in [2.05, 4.69) is 9.72 Å². The highest BCUT2D eigenvalue weighted by Gasteiger charge is 2.32. The standard InChI is InChI=1S/C8H7F3INO2/c1-4-5(12)3-6(13-7(4)14-2)15-8(9,10)11/h3H,1-2H3. The molecule has 0 aliphatic heterocycles. The Balaban J connectivity index is 3.06. The highest BCUT2D eigenvalue weighted by Crippen LogP contribution is 2.28. The van der Waals surface area contributed by atoms with Crippen LogP contribution in [0.4, 0.5) is 13.2 Å². The van der Waals surface area contributed by atoms with Crippen LogP contribution in [0.25, 0.3) is 0 Å². The summed E-state index contributed by atoms with van der Waals surface area (Å²) in [6, 6.07) is 1.20. The molecule has 0 aliphatic carbocycles. The molecule has 0 bridgehead atoms. The van der Waals surface area contributed by atoms with Gasteiger partial charge in [-0.25, -0.2) is 0 Å². The van der Waals surface area contributed by atoms with E-state index in [4.69, 9.17) is 4.74 Å². The van der Waals surface area contributed by atoms with E-state index in [1.54, 1.807) is 6.92 Å². The molecule has 0 aromatic carbocycles. The van der Waals surface area contributed by atoms with E-state index in [9.17, 15) is 13.2 Å². The zero-order chi connectivity index (χ0) is 11.6.